The molecule has 6 heteroatoms. The number of hydrogen-bond acceptors (Lipinski definition) is 6. The fourth-order valence-electron chi connectivity index (χ4n) is 1.89. The first-order chi connectivity index (χ1) is 9.04. The van der Waals surface area contributed by atoms with Gasteiger partial charge in [0.05, 0.1) is 38.7 Å². The van der Waals surface area contributed by atoms with Gasteiger partial charge in [0, 0.05) is 0 Å². The predicted octanol–water partition coefficient (Wildman–Crippen LogP) is 0.624. The third-order valence-corrected chi connectivity index (χ3v) is 2.89. The van der Waals surface area contributed by atoms with Crippen LogP contribution in [0.4, 0.5) is 0 Å². The lowest BCUT2D eigenvalue weighted by Crippen LogP contribution is -2.27. The molecule has 0 aromatic heterocycles. The maximum Gasteiger partial charge on any atom is 0.334 e. The van der Waals surface area contributed by atoms with Crippen molar-refractivity contribution >= 4 is 17.9 Å². The number of methoxy groups -OCH3 is 3. The largest absolute Gasteiger partial charge is 0.469 e. The standard InChI is InChI=1S/C13H16O6/c1-17-11(14)8-5-4-6-9(12(15)18-2)10(7-8)13(16)19-3/h4-6,8,10H,7H2,1-3H3. The molecule has 0 radical (unpaired) electrons. The third-order valence-electron chi connectivity index (χ3n) is 2.89. The van der Waals surface area contributed by atoms with E-state index in [1.165, 1.54) is 33.5 Å². The molecule has 0 N–H and O–H groups in total. The second kappa shape index (κ2) is 6.72. The smallest absolute Gasteiger partial charge is 0.334 e. The quantitative estimate of drug-likeness (QED) is 0.551. The van der Waals surface area contributed by atoms with Crippen molar-refractivity contribution in [3.8, 4) is 0 Å². The molecule has 0 saturated carbocycles. The van der Waals surface area contributed by atoms with Gasteiger partial charge < -0.3 is 14.2 Å². The summed E-state index contributed by atoms with van der Waals surface area (Å²) in [5.41, 5.74) is 0.164. The van der Waals surface area contributed by atoms with Crippen molar-refractivity contribution in [3.05, 3.63) is 23.8 Å². The fraction of sp³-hybridized carbons (Fsp3) is 0.462. The van der Waals surface area contributed by atoms with Crippen molar-refractivity contribution < 1.29 is 28.6 Å². The van der Waals surface area contributed by atoms with E-state index >= 15 is 0 Å². The van der Waals surface area contributed by atoms with Gasteiger partial charge in [0.15, 0.2) is 0 Å². The number of carbonyl (C=O) groups excluding carboxylic acids is 3. The summed E-state index contributed by atoms with van der Waals surface area (Å²) in [5, 5.41) is 0. The summed E-state index contributed by atoms with van der Waals surface area (Å²) >= 11 is 0. The van der Waals surface area contributed by atoms with Crippen LogP contribution < -0.4 is 0 Å². The van der Waals surface area contributed by atoms with Crippen molar-refractivity contribution in [2.75, 3.05) is 21.3 Å². The second-order valence-corrected chi connectivity index (χ2v) is 3.94. The summed E-state index contributed by atoms with van der Waals surface area (Å²) in [6.45, 7) is 0. The molecule has 0 aliphatic heterocycles. The van der Waals surface area contributed by atoms with Crippen LogP contribution in [0.25, 0.3) is 0 Å². The van der Waals surface area contributed by atoms with E-state index in [9.17, 15) is 14.4 Å². The van der Waals surface area contributed by atoms with E-state index in [0.717, 1.165) is 0 Å². The zero-order chi connectivity index (χ0) is 14.4. The minimum absolute atomic E-state index is 0.108. The monoisotopic (exact) mass is 268 g/mol. The minimum Gasteiger partial charge on any atom is -0.469 e. The Hall–Kier alpha value is -2.11. The van der Waals surface area contributed by atoms with Crippen molar-refractivity contribution in [1.82, 2.24) is 0 Å². The SMILES string of the molecule is COC(=O)C1=CC=CC(C(=O)OC)CC1C(=O)OC. The number of carbonyl (C=O) groups is 3. The van der Waals surface area contributed by atoms with E-state index in [1.54, 1.807) is 6.08 Å². The lowest BCUT2D eigenvalue weighted by Gasteiger charge is -2.18. The molecule has 0 heterocycles. The molecule has 0 bridgehead atoms. The normalized spacial score (nSPS) is 21.9. The van der Waals surface area contributed by atoms with Crippen LogP contribution in [0.1, 0.15) is 6.42 Å². The number of allylic oxidation sites excluding steroid dienone is 2. The van der Waals surface area contributed by atoms with Crippen LogP contribution in [0.2, 0.25) is 0 Å². The highest BCUT2D eigenvalue weighted by Crippen LogP contribution is 2.27. The number of esters is 3. The molecule has 1 aliphatic rings. The van der Waals surface area contributed by atoms with Crippen molar-refractivity contribution in [2.24, 2.45) is 11.8 Å². The van der Waals surface area contributed by atoms with E-state index in [0.29, 0.717) is 0 Å². The third kappa shape index (κ3) is 3.43. The highest BCUT2D eigenvalue weighted by molar-refractivity contribution is 5.96. The maximum absolute atomic E-state index is 11.8. The van der Waals surface area contributed by atoms with E-state index < -0.39 is 29.7 Å². The van der Waals surface area contributed by atoms with Crippen LogP contribution in [0, 0.1) is 11.8 Å². The van der Waals surface area contributed by atoms with E-state index in [2.05, 4.69) is 14.2 Å². The molecule has 0 aromatic carbocycles. The Morgan fingerprint density at radius 1 is 1.05 bits per heavy atom. The summed E-state index contributed by atoms with van der Waals surface area (Å²) < 4.78 is 13.9. The first kappa shape index (κ1) is 14.9. The maximum atomic E-state index is 11.8. The molecule has 0 aromatic rings. The van der Waals surface area contributed by atoms with Crippen molar-refractivity contribution in [1.29, 1.82) is 0 Å². The Balaban J connectivity index is 3.05. The van der Waals surface area contributed by atoms with E-state index in [1.807, 2.05) is 0 Å². The average Bonchev–Trinajstić information content (AvgIpc) is 2.67. The number of rotatable bonds is 3. The van der Waals surface area contributed by atoms with Crippen molar-refractivity contribution in [2.45, 2.75) is 6.42 Å². The summed E-state index contributed by atoms with van der Waals surface area (Å²) in [6.07, 6.45) is 4.68. The predicted molar refractivity (Wildman–Crippen MR) is 64.9 cm³/mol. The first-order valence-corrected chi connectivity index (χ1v) is 5.67. The lowest BCUT2D eigenvalue weighted by molar-refractivity contribution is -0.149. The molecule has 19 heavy (non-hydrogen) atoms. The van der Waals surface area contributed by atoms with Crippen LogP contribution in [-0.4, -0.2) is 39.2 Å². The van der Waals surface area contributed by atoms with Gasteiger partial charge in [0.1, 0.15) is 0 Å². The second-order valence-electron chi connectivity index (χ2n) is 3.94. The van der Waals surface area contributed by atoms with Gasteiger partial charge >= 0.3 is 17.9 Å². The molecule has 6 nitrogen and oxygen atoms in total. The topological polar surface area (TPSA) is 78.9 Å². The lowest BCUT2D eigenvalue weighted by atomic mass is 9.90. The summed E-state index contributed by atoms with van der Waals surface area (Å²) in [7, 11) is 3.72. The Bertz CT molecular complexity index is 434. The highest BCUT2D eigenvalue weighted by atomic mass is 16.5. The van der Waals surface area contributed by atoms with Gasteiger partial charge in [-0.15, -0.1) is 0 Å². The van der Waals surface area contributed by atoms with Gasteiger partial charge in [-0.2, -0.15) is 0 Å². The molecule has 0 saturated heterocycles. The number of ether oxygens (including phenoxy) is 3. The Morgan fingerprint density at radius 3 is 2.21 bits per heavy atom. The molecule has 0 amide bonds. The van der Waals surface area contributed by atoms with Gasteiger partial charge in [0.25, 0.3) is 0 Å². The summed E-state index contributed by atoms with van der Waals surface area (Å²) in [6, 6.07) is 0. The Kier molecular flexibility index (Phi) is 5.29. The van der Waals surface area contributed by atoms with Crippen molar-refractivity contribution in [3.63, 3.8) is 0 Å². The van der Waals surface area contributed by atoms with E-state index in [4.69, 9.17) is 0 Å². The van der Waals surface area contributed by atoms with Gasteiger partial charge in [-0.25, -0.2) is 4.79 Å². The average molecular weight is 268 g/mol. The van der Waals surface area contributed by atoms with Gasteiger partial charge in [-0.05, 0) is 6.42 Å². The van der Waals surface area contributed by atoms with Crippen LogP contribution in [0.5, 0.6) is 0 Å². The van der Waals surface area contributed by atoms with Crippen LogP contribution in [0.3, 0.4) is 0 Å². The molecule has 1 rings (SSSR count). The Labute approximate surface area is 111 Å². The molecule has 104 valence electrons. The highest BCUT2D eigenvalue weighted by Gasteiger charge is 2.34. The zero-order valence-electron chi connectivity index (χ0n) is 11.0. The molecular formula is C13H16O6. The fourth-order valence-corrected chi connectivity index (χ4v) is 1.89. The molecule has 0 spiro atoms. The summed E-state index contributed by atoms with van der Waals surface area (Å²) in [4.78, 5) is 35.0. The Morgan fingerprint density at radius 2 is 1.68 bits per heavy atom. The molecule has 1 aliphatic carbocycles. The summed E-state index contributed by atoms with van der Waals surface area (Å²) in [5.74, 6) is -3.13. The molecule has 0 fully saturated rings. The van der Waals surface area contributed by atoms with Crippen LogP contribution in [0.15, 0.2) is 23.8 Å². The molecule has 2 unspecified atom stereocenters. The first-order valence-electron chi connectivity index (χ1n) is 5.67. The van der Waals surface area contributed by atoms with Gasteiger partial charge in [-0.3, -0.25) is 9.59 Å². The van der Waals surface area contributed by atoms with Crippen LogP contribution in [-0.2, 0) is 28.6 Å². The number of hydrogen-bond donors (Lipinski definition) is 0. The van der Waals surface area contributed by atoms with Crippen LogP contribution >= 0.6 is 0 Å². The molecular weight excluding hydrogens is 252 g/mol. The van der Waals surface area contributed by atoms with E-state index in [-0.39, 0.29) is 12.0 Å². The minimum atomic E-state index is -0.850. The van der Waals surface area contributed by atoms with Gasteiger partial charge in [0.2, 0.25) is 0 Å². The molecule has 2 atom stereocenters. The van der Waals surface area contributed by atoms with Gasteiger partial charge in [-0.1, -0.05) is 18.2 Å². The zero-order valence-corrected chi connectivity index (χ0v) is 11.0.